The number of alkyl halides is 3. The number of hydrogen-bond donors (Lipinski definition) is 1. The van der Waals surface area contributed by atoms with E-state index in [2.05, 4.69) is 0 Å². The lowest BCUT2D eigenvalue weighted by atomic mass is 10.2. The molecule has 14 heavy (non-hydrogen) atoms. The Morgan fingerprint density at radius 1 is 1.50 bits per heavy atom. The molecule has 0 amide bonds. The Hall–Kier alpha value is -1.30. The number of aromatic nitrogens is 1. The molecule has 0 fully saturated rings. The highest BCUT2D eigenvalue weighted by molar-refractivity contribution is 5.10. The molecule has 1 unspecified atom stereocenters. The summed E-state index contributed by atoms with van der Waals surface area (Å²) in [6, 6.07) is 1.88. The van der Waals surface area contributed by atoms with Crippen molar-refractivity contribution in [1.82, 2.24) is 4.57 Å². The molecule has 0 aliphatic carbocycles. The van der Waals surface area contributed by atoms with Gasteiger partial charge in [0.15, 0.2) is 11.5 Å². The van der Waals surface area contributed by atoms with E-state index in [0.717, 1.165) is 16.7 Å². The molecule has 78 valence electrons. The third-order valence-corrected chi connectivity index (χ3v) is 1.75. The fourth-order valence-corrected chi connectivity index (χ4v) is 1.01. The minimum Gasteiger partial charge on any atom is -0.378 e. The molecule has 0 aliphatic rings. The van der Waals surface area contributed by atoms with Crippen LogP contribution in [0, 0.1) is 0 Å². The summed E-state index contributed by atoms with van der Waals surface area (Å²) in [7, 11) is 1.32. The van der Waals surface area contributed by atoms with Crippen LogP contribution in [0.2, 0.25) is 0 Å². The fraction of sp³-hybridized carbons (Fsp3) is 0.375. The van der Waals surface area contributed by atoms with Gasteiger partial charge in [0.1, 0.15) is 0 Å². The molecule has 1 heterocycles. The van der Waals surface area contributed by atoms with E-state index in [1.165, 1.54) is 13.2 Å². The van der Waals surface area contributed by atoms with Crippen LogP contribution in [0.4, 0.5) is 13.2 Å². The van der Waals surface area contributed by atoms with Crippen molar-refractivity contribution >= 4 is 0 Å². The molecule has 0 saturated heterocycles. The highest BCUT2D eigenvalue weighted by atomic mass is 19.4. The zero-order chi connectivity index (χ0) is 10.9. The first-order chi connectivity index (χ1) is 6.32. The summed E-state index contributed by atoms with van der Waals surface area (Å²) in [4.78, 5) is 10.8. The molecule has 1 rings (SSSR count). The molecule has 0 aromatic carbocycles. The van der Waals surface area contributed by atoms with E-state index in [9.17, 15) is 18.0 Å². The van der Waals surface area contributed by atoms with Gasteiger partial charge >= 0.3 is 6.18 Å². The minimum atomic E-state index is -4.76. The molecule has 3 nitrogen and oxygen atoms in total. The highest BCUT2D eigenvalue weighted by Crippen LogP contribution is 2.31. The maximum absolute atomic E-state index is 12.1. The van der Waals surface area contributed by atoms with E-state index >= 15 is 0 Å². The SMILES string of the molecule is Cn1ccc(=O)cc1C(O)C(F)(F)F. The van der Waals surface area contributed by atoms with Gasteiger partial charge < -0.3 is 9.67 Å². The Bertz CT molecular complexity index is 383. The zero-order valence-electron chi connectivity index (χ0n) is 7.25. The summed E-state index contributed by atoms with van der Waals surface area (Å²) < 4.78 is 37.3. The molecule has 0 spiro atoms. The number of aryl methyl sites for hydroxylation is 1. The Kier molecular flexibility index (Phi) is 2.66. The summed E-state index contributed by atoms with van der Waals surface area (Å²) in [6.07, 6.45) is -6.21. The number of nitrogens with zero attached hydrogens (tertiary/aromatic N) is 1. The summed E-state index contributed by atoms with van der Waals surface area (Å²) in [5.41, 5.74) is -1.04. The van der Waals surface area contributed by atoms with Gasteiger partial charge in [0, 0.05) is 25.4 Å². The first-order valence-electron chi connectivity index (χ1n) is 3.73. The Balaban J connectivity index is 3.19. The van der Waals surface area contributed by atoms with E-state index in [1.54, 1.807) is 0 Å². The second-order valence-electron chi connectivity index (χ2n) is 2.84. The van der Waals surface area contributed by atoms with Gasteiger partial charge in [-0.1, -0.05) is 0 Å². The molecule has 6 heteroatoms. The van der Waals surface area contributed by atoms with Crippen molar-refractivity contribution in [1.29, 1.82) is 0 Å². The number of pyridine rings is 1. The third-order valence-electron chi connectivity index (χ3n) is 1.75. The quantitative estimate of drug-likeness (QED) is 0.745. The predicted molar refractivity (Wildman–Crippen MR) is 42.7 cm³/mol. The monoisotopic (exact) mass is 207 g/mol. The Morgan fingerprint density at radius 2 is 2.07 bits per heavy atom. The summed E-state index contributed by atoms with van der Waals surface area (Å²) in [6.45, 7) is 0. The van der Waals surface area contributed by atoms with Crippen LogP contribution in [0.3, 0.4) is 0 Å². The second-order valence-corrected chi connectivity index (χ2v) is 2.84. The van der Waals surface area contributed by atoms with E-state index in [-0.39, 0.29) is 0 Å². The average Bonchev–Trinajstić information content (AvgIpc) is 2.06. The normalized spacial score (nSPS) is 14.1. The standard InChI is InChI=1S/C8H8F3NO2/c1-12-3-2-5(13)4-6(12)7(14)8(9,10)11/h2-4,7,14H,1H3. The van der Waals surface area contributed by atoms with Crippen molar-refractivity contribution in [2.75, 3.05) is 0 Å². The van der Waals surface area contributed by atoms with Crippen molar-refractivity contribution in [3.8, 4) is 0 Å². The van der Waals surface area contributed by atoms with Gasteiger partial charge in [-0.2, -0.15) is 13.2 Å². The van der Waals surface area contributed by atoms with Crippen LogP contribution in [0.15, 0.2) is 23.1 Å². The van der Waals surface area contributed by atoms with Gasteiger partial charge in [-0.05, 0) is 0 Å². The highest BCUT2D eigenvalue weighted by Gasteiger charge is 2.40. The van der Waals surface area contributed by atoms with E-state index in [1.807, 2.05) is 0 Å². The topological polar surface area (TPSA) is 42.2 Å². The van der Waals surface area contributed by atoms with Crippen molar-refractivity contribution in [2.24, 2.45) is 7.05 Å². The maximum Gasteiger partial charge on any atom is 0.420 e. The van der Waals surface area contributed by atoms with Crippen LogP contribution in [0.25, 0.3) is 0 Å². The van der Waals surface area contributed by atoms with Crippen LogP contribution in [-0.4, -0.2) is 15.8 Å². The van der Waals surface area contributed by atoms with Crippen LogP contribution in [0.1, 0.15) is 11.8 Å². The molecular formula is C8H8F3NO2. The lowest BCUT2D eigenvalue weighted by Gasteiger charge is -2.17. The molecule has 1 N–H and O–H groups in total. The molecule has 1 aromatic rings. The van der Waals surface area contributed by atoms with Crippen LogP contribution >= 0.6 is 0 Å². The largest absolute Gasteiger partial charge is 0.420 e. The smallest absolute Gasteiger partial charge is 0.378 e. The molecule has 0 aliphatic heterocycles. The van der Waals surface area contributed by atoms with Gasteiger partial charge in [0.25, 0.3) is 0 Å². The van der Waals surface area contributed by atoms with Crippen LogP contribution < -0.4 is 5.43 Å². The third kappa shape index (κ3) is 2.14. The van der Waals surface area contributed by atoms with Crippen molar-refractivity contribution < 1.29 is 18.3 Å². The fourth-order valence-electron chi connectivity index (χ4n) is 1.01. The Labute approximate surface area is 77.4 Å². The van der Waals surface area contributed by atoms with E-state index < -0.39 is 23.4 Å². The summed E-state index contributed by atoms with van der Waals surface area (Å²) >= 11 is 0. The molecule has 1 atom stereocenters. The number of hydrogen-bond acceptors (Lipinski definition) is 2. The molecule has 0 bridgehead atoms. The minimum absolute atomic E-state index is 0.468. The first-order valence-corrected chi connectivity index (χ1v) is 3.73. The predicted octanol–water partition coefficient (Wildman–Crippen LogP) is 0.981. The second kappa shape index (κ2) is 3.45. The molecular weight excluding hydrogens is 199 g/mol. The Morgan fingerprint density at radius 3 is 2.57 bits per heavy atom. The van der Waals surface area contributed by atoms with E-state index in [4.69, 9.17) is 5.11 Å². The number of aliphatic hydroxyl groups is 1. The molecule has 0 saturated carbocycles. The van der Waals surface area contributed by atoms with Gasteiger partial charge in [0.05, 0.1) is 5.69 Å². The number of halogens is 3. The lowest BCUT2D eigenvalue weighted by Crippen LogP contribution is -2.24. The van der Waals surface area contributed by atoms with Crippen molar-refractivity contribution in [3.63, 3.8) is 0 Å². The zero-order valence-corrected chi connectivity index (χ0v) is 7.25. The van der Waals surface area contributed by atoms with Crippen molar-refractivity contribution in [3.05, 3.63) is 34.2 Å². The van der Waals surface area contributed by atoms with Crippen molar-refractivity contribution in [2.45, 2.75) is 12.3 Å². The number of aliphatic hydroxyl groups excluding tert-OH is 1. The summed E-state index contributed by atoms with van der Waals surface area (Å²) in [5, 5.41) is 8.88. The van der Waals surface area contributed by atoms with Crippen LogP contribution in [0.5, 0.6) is 0 Å². The average molecular weight is 207 g/mol. The van der Waals surface area contributed by atoms with Gasteiger partial charge in [-0.3, -0.25) is 4.79 Å². The number of rotatable bonds is 1. The lowest BCUT2D eigenvalue weighted by molar-refractivity contribution is -0.208. The van der Waals surface area contributed by atoms with Gasteiger partial charge in [0.2, 0.25) is 0 Å². The maximum atomic E-state index is 12.1. The molecule has 1 aromatic heterocycles. The van der Waals surface area contributed by atoms with Gasteiger partial charge in [-0.15, -0.1) is 0 Å². The summed E-state index contributed by atoms with van der Waals surface area (Å²) in [5.74, 6) is 0. The van der Waals surface area contributed by atoms with Gasteiger partial charge in [-0.25, -0.2) is 0 Å². The van der Waals surface area contributed by atoms with E-state index in [0.29, 0.717) is 0 Å². The van der Waals surface area contributed by atoms with Crippen LogP contribution in [-0.2, 0) is 7.05 Å². The first kappa shape index (κ1) is 10.8. The molecule has 0 radical (unpaired) electrons.